The molecule has 0 amide bonds. The maximum Gasteiger partial charge on any atom is 0.306 e. The predicted octanol–water partition coefficient (Wildman–Crippen LogP) is 5.00. The van der Waals surface area contributed by atoms with E-state index in [2.05, 4.69) is 0 Å². The molecule has 1 aliphatic carbocycles. The number of carbonyl (C=O) groups excluding carboxylic acids is 1. The molecule has 0 spiro atoms. The van der Waals surface area contributed by atoms with Gasteiger partial charge in [-0.1, -0.05) is 23.2 Å². The van der Waals surface area contributed by atoms with Crippen molar-refractivity contribution in [2.24, 2.45) is 5.92 Å². The fourth-order valence-corrected chi connectivity index (χ4v) is 3.46. The summed E-state index contributed by atoms with van der Waals surface area (Å²) in [7, 11) is 0. The van der Waals surface area contributed by atoms with Crippen LogP contribution < -0.4 is 4.74 Å². The summed E-state index contributed by atoms with van der Waals surface area (Å²) in [4.78, 5) is 23.6. The number of carboxylic acid groups (broad SMARTS) is 1. The molecular weight excluding hydrogens is 382 g/mol. The van der Waals surface area contributed by atoms with Crippen LogP contribution in [0.4, 0.5) is 4.39 Å². The van der Waals surface area contributed by atoms with Gasteiger partial charge in [0.05, 0.1) is 17.0 Å². The van der Waals surface area contributed by atoms with Gasteiger partial charge in [0.1, 0.15) is 16.6 Å². The van der Waals surface area contributed by atoms with Crippen LogP contribution in [0.5, 0.6) is 5.75 Å². The van der Waals surface area contributed by atoms with Gasteiger partial charge in [-0.3, -0.25) is 9.59 Å². The Kier molecular flexibility index (Phi) is 5.49. The standard InChI is InChI=1S/C19H15Cl2FO4/c20-16-14(18(23)10-1-4-12(22)5-2-10)7-8-15(17(16)21)26-13-6-3-11(9-13)19(24)25/h1-2,4-5,7-8,11,13H,3,6,9H2,(H,24,25)/t11-,13-/m0/s1. The zero-order valence-electron chi connectivity index (χ0n) is 13.5. The monoisotopic (exact) mass is 396 g/mol. The van der Waals surface area contributed by atoms with Gasteiger partial charge in [0.2, 0.25) is 0 Å². The number of ketones is 1. The van der Waals surface area contributed by atoms with Crippen LogP contribution in [0.25, 0.3) is 0 Å². The summed E-state index contributed by atoms with van der Waals surface area (Å²) >= 11 is 12.5. The fourth-order valence-electron chi connectivity index (χ4n) is 3.01. The van der Waals surface area contributed by atoms with E-state index in [1.54, 1.807) is 6.07 Å². The van der Waals surface area contributed by atoms with Crippen LogP contribution in [0.15, 0.2) is 36.4 Å². The van der Waals surface area contributed by atoms with E-state index in [0.717, 1.165) is 0 Å². The van der Waals surface area contributed by atoms with Crippen LogP contribution in [0.3, 0.4) is 0 Å². The first kappa shape index (κ1) is 18.7. The number of aliphatic carboxylic acids is 1. The Morgan fingerprint density at radius 3 is 2.35 bits per heavy atom. The fraction of sp³-hybridized carbons (Fsp3) is 0.263. The molecule has 1 fully saturated rings. The van der Waals surface area contributed by atoms with Crippen LogP contribution in [0, 0.1) is 11.7 Å². The Hall–Kier alpha value is -2.11. The maximum atomic E-state index is 13.0. The van der Waals surface area contributed by atoms with Crippen LogP contribution in [-0.4, -0.2) is 23.0 Å². The lowest BCUT2D eigenvalue weighted by atomic mass is 10.0. The molecule has 0 heterocycles. The molecule has 0 aromatic heterocycles. The maximum absolute atomic E-state index is 13.0. The van der Waals surface area contributed by atoms with Gasteiger partial charge in [-0.15, -0.1) is 0 Å². The largest absolute Gasteiger partial charge is 0.489 e. The minimum atomic E-state index is -0.833. The van der Waals surface area contributed by atoms with E-state index in [1.165, 1.54) is 30.3 Å². The van der Waals surface area contributed by atoms with Crippen molar-refractivity contribution in [3.8, 4) is 5.75 Å². The highest BCUT2D eigenvalue weighted by molar-refractivity contribution is 6.45. The van der Waals surface area contributed by atoms with Gasteiger partial charge < -0.3 is 9.84 Å². The van der Waals surface area contributed by atoms with Crippen LogP contribution in [0.2, 0.25) is 10.0 Å². The summed E-state index contributed by atoms with van der Waals surface area (Å²) in [6.07, 6.45) is 1.30. The highest BCUT2D eigenvalue weighted by Crippen LogP contribution is 2.38. The second-order valence-corrected chi connectivity index (χ2v) is 6.92. The predicted molar refractivity (Wildman–Crippen MR) is 95.7 cm³/mol. The summed E-state index contributed by atoms with van der Waals surface area (Å²) in [5.74, 6) is -1.77. The molecule has 7 heteroatoms. The number of hydrogen-bond acceptors (Lipinski definition) is 3. The van der Waals surface area contributed by atoms with Crippen molar-refractivity contribution in [3.63, 3.8) is 0 Å². The van der Waals surface area contributed by atoms with Crippen molar-refractivity contribution in [3.05, 3.63) is 63.4 Å². The number of rotatable bonds is 5. The average Bonchev–Trinajstić information content (AvgIpc) is 3.08. The number of halogens is 3. The Labute approximate surface area is 159 Å². The zero-order valence-corrected chi connectivity index (χ0v) is 15.1. The molecule has 0 radical (unpaired) electrons. The van der Waals surface area contributed by atoms with E-state index in [0.29, 0.717) is 25.0 Å². The molecule has 1 saturated carbocycles. The molecule has 0 unspecified atom stereocenters. The number of hydrogen-bond donors (Lipinski definition) is 1. The Bertz CT molecular complexity index is 851. The summed E-state index contributed by atoms with van der Waals surface area (Å²) < 4.78 is 18.8. The lowest BCUT2D eigenvalue weighted by Crippen LogP contribution is -2.16. The number of carboxylic acids is 1. The summed E-state index contributed by atoms with van der Waals surface area (Å²) in [5, 5.41) is 9.20. The topological polar surface area (TPSA) is 63.6 Å². The normalized spacial score (nSPS) is 19.3. The third kappa shape index (κ3) is 3.84. The van der Waals surface area contributed by atoms with Gasteiger partial charge >= 0.3 is 5.97 Å². The van der Waals surface area contributed by atoms with Crippen molar-refractivity contribution in [1.29, 1.82) is 0 Å². The summed E-state index contributed by atoms with van der Waals surface area (Å²) in [6.45, 7) is 0. The molecule has 2 atom stereocenters. The third-order valence-corrected chi connectivity index (χ3v) is 5.29. The van der Waals surface area contributed by atoms with E-state index in [4.69, 9.17) is 33.0 Å². The van der Waals surface area contributed by atoms with E-state index in [1.807, 2.05) is 0 Å². The van der Waals surface area contributed by atoms with E-state index >= 15 is 0 Å². The van der Waals surface area contributed by atoms with Crippen molar-refractivity contribution in [2.75, 3.05) is 0 Å². The van der Waals surface area contributed by atoms with E-state index < -0.39 is 17.7 Å². The quantitative estimate of drug-likeness (QED) is 0.722. The van der Waals surface area contributed by atoms with Crippen LogP contribution in [0.1, 0.15) is 35.2 Å². The molecule has 3 rings (SSSR count). The first-order chi connectivity index (χ1) is 12.4. The van der Waals surface area contributed by atoms with Crippen molar-refractivity contribution >= 4 is 35.0 Å². The first-order valence-electron chi connectivity index (χ1n) is 8.04. The van der Waals surface area contributed by atoms with Crippen molar-refractivity contribution in [1.82, 2.24) is 0 Å². The Morgan fingerprint density at radius 1 is 1.04 bits per heavy atom. The molecule has 0 saturated heterocycles. The average molecular weight is 397 g/mol. The molecule has 0 bridgehead atoms. The van der Waals surface area contributed by atoms with Crippen LogP contribution >= 0.6 is 23.2 Å². The molecule has 1 N–H and O–H groups in total. The molecule has 0 aliphatic heterocycles. The lowest BCUT2D eigenvalue weighted by Gasteiger charge is -2.16. The number of carbonyl (C=O) groups is 2. The minimum absolute atomic E-state index is 0.0475. The SMILES string of the molecule is O=C(c1ccc(F)cc1)c1ccc(O[C@H]2CC[C@H](C(=O)O)C2)c(Cl)c1Cl. The minimum Gasteiger partial charge on any atom is -0.489 e. The van der Waals surface area contributed by atoms with Gasteiger partial charge in [-0.25, -0.2) is 4.39 Å². The molecule has 2 aromatic carbocycles. The van der Waals surface area contributed by atoms with Crippen LogP contribution in [-0.2, 0) is 4.79 Å². The Morgan fingerprint density at radius 2 is 1.73 bits per heavy atom. The zero-order chi connectivity index (χ0) is 18.8. The molecule has 2 aromatic rings. The van der Waals surface area contributed by atoms with Gasteiger partial charge in [-0.2, -0.15) is 0 Å². The van der Waals surface area contributed by atoms with Gasteiger partial charge in [0.15, 0.2) is 5.78 Å². The molecule has 26 heavy (non-hydrogen) atoms. The van der Waals surface area contributed by atoms with E-state index in [9.17, 15) is 14.0 Å². The second kappa shape index (κ2) is 7.64. The van der Waals surface area contributed by atoms with E-state index in [-0.39, 0.29) is 33.1 Å². The van der Waals surface area contributed by atoms with Gasteiger partial charge in [-0.05, 0) is 55.7 Å². The Balaban J connectivity index is 1.79. The summed E-state index contributed by atoms with van der Waals surface area (Å²) in [5.41, 5.74) is 0.476. The highest BCUT2D eigenvalue weighted by atomic mass is 35.5. The first-order valence-corrected chi connectivity index (χ1v) is 8.80. The van der Waals surface area contributed by atoms with Gasteiger partial charge in [0.25, 0.3) is 0 Å². The molecule has 136 valence electrons. The molecule has 1 aliphatic rings. The van der Waals surface area contributed by atoms with Gasteiger partial charge in [0, 0.05) is 11.1 Å². The second-order valence-electron chi connectivity index (χ2n) is 6.16. The molecular formula is C19H15Cl2FO4. The van der Waals surface area contributed by atoms with Crippen molar-refractivity contribution < 1.29 is 23.8 Å². The number of ether oxygens (including phenoxy) is 1. The lowest BCUT2D eigenvalue weighted by molar-refractivity contribution is -0.141. The smallest absolute Gasteiger partial charge is 0.306 e. The molecule has 4 nitrogen and oxygen atoms in total. The highest BCUT2D eigenvalue weighted by Gasteiger charge is 2.31. The number of benzene rings is 2. The third-order valence-electron chi connectivity index (χ3n) is 4.43. The summed E-state index contributed by atoms with van der Waals surface area (Å²) in [6, 6.07) is 8.17. The van der Waals surface area contributed by atoms with Crippen molar-refractivity contribution in [2.45, 2.75) is 25.4 Å².